The maximum Gasteiger partial charge on any atom is 0.262 e. The molecule has 0 saturated heterocycles. The van der Waals surface area contributed by atoms with Gasteiger partial charge in [0, 0.05) is 43.3 Å². The maximum atomic E-state index is 13.0. The predicted molar refractivity (Wildman–Crippen MR) is 104 cm³/mol. The van der Waals surface area contributed by atoms with Crippen molar-refractivity contribution in [3.8, 4) is 11.3 Å². The summed E-state index contributed by atoms with van der Waals surface area (Å²) in [6.45, 7) is 0.522. The number of aliphatic hydroxyl groups is 1. The Kier molecular flexibility index (Phi) is 4.72. The number of nitrogens with two attached hydrogens (primary N) is 1. The monoisotopic (exact) mass is 366 g/mol. The van der Waals surface area contributed by atoms with Gasteiger partial charge >= 0.3 is 0 Å². The highest BCUT2D eigenvalue weighted by molar-refractivity contribution is 5.94. The van der Waals surface area contributed by atoms with Gasteiger partial charge in [-0.1, -0.05) is 0 Å². The number of nitrogen functional groups attached to an aromatic ring is 1. The van der Waals surface area contributed by atoms with Crippen LogP contribution in [0.5, 0.6) is 0 Å². The number of rotatable bonds is 6. The largest absolute Gasteiger partial charge is 0.396 e. The fourth-order valence-corrected chi connectivity index (χ4v) is 3.19. The zero-order chi connectivity index (χ0) is 18.8. The highest BCUT2D eigenvalue weighted by atomic mass is 16.3. The van der Waals surface area contributed by atoms with Gasteiger partial charge in [0.15, 0.2) is 0 Å². The van der Waals surface area contributed by atoms with Gasteiger partial charge in [-0.2, -0.15) is 0 Å². The van der Waals surface area contributed by atoms with Gasteiger partial charge in [0.2, 0.25) is 5.95 Å². The Bertz CT molecular complexity index is 1010. The molecule has 1 aliphatic rings. The second kappa shape index (κ2) is 7.32. The molecule has 0 unspecified atom stereocenters. The zero-order valence-corrected chi connectivity index (χ0v) is 14.9. The van der Waals surface area contributed by atoms with Crippen LogP contribution in [0.1, 0.15) is 25.7 Å². The van der Waals surface area contributed by atoms with Crippen molar-refractivity contribution in [1.29, 1.82) is 0 Å². The minimum Gasteiger partial charge on any atom is -0.396 e. The normalized spacial score (nSPS) is 14.3. The van der Waals surface area contributed by atoms with Crippen molar-refractivity contribution in [2.75, 3.05) is 17.7 Å². The molecule has 0 bridgehead atoms. The van der Waals surface area contributed by atoms with E-state index in [-0.39, 0.29) is 18.1 Å². The summed E-state index contributed by atoms with van der Waals surface area (Å²) < 4.78 is 1.62. The number of nitrogens with one attached hydrogen (secondary N) is 1. The summed E-state index contributed by atoms with van der Waals surface area (Å²) in [7, 11) is 0. The molecular weight excluding hydrogens is 344 g/mol. The fourth-order valence-electron chi connectivity index (χ4n) is 3.19. The number of aliphatic hydroxyl groups excluding tert-OH is 1. The van der Waals surface area contributed by atoms with E-state index in [1.54, 1.807) is 23.2 Å². The average molecular weight is 366 g/mol. The van der Waals surface area contributed by atoms with E-state index in [1.807, 2.05) is 12.1 Å². The van der Waals surface area contributed by atoms with Gasteiger partial charge < -0.3 is 20.7 Å². The smallest absolute Gasteiger partial charge is 0.262 e. The van der Waals surface area contributed by atoms with E-state index in [4.69, 9.17) is 15.8 Å². The van der Waals surface area contributed by atoms with E-state index < -0.39 is 0 Å². The Morgan fingerprint density at radius 1 is 1.30 bits per heavy atom. The number of pyridine rings is 2. The second-order valence-electron chi connectivity index (χ2n) is 6.81. The van der Waals surface area contributed by atoms with Crippen LogP contribution in [0, 0.1) is 0 Å². The van der Waals surface area contributed by atoms with Crippen molar-refractivity contribution in [2.45, 2.75) is 38.3 Å². The molecule has 0 spiro atoms. The van der Waals surface area contributed by atoms with E-state index in [1.165, 1.54) is 6.42 Å². The third-order valence-electron chi connectivity index (χ3n) is 4.93. The van der Waals surface area contributed by atoms with E-state index in [9.17, 15) is 4.79 Å². The lowest BCUT2D eigenvalue weighted by atomic mass is 9.93. The van der Waals surface area contributed by atoms with Crippen LogP contribution in [0.3, 0.4) is 0 Å². The first-order chi connectivity index (χ1) is 13.2. The molecule has 1 fully saturated rings. The molecule has 0 aromatic carbocycles. The van der Waals surface area contributed by atoms with Crippen molar-refractivity contribution in [1.82, 2.24) is 19.5 Å². The molecule has 0 aliphatic heterocycles. The summed E-state index contributed by atoms with van der Waals surface area (Å²) in [5.74, 6) is 0.798. The number of anilines is 2. The Balaban J connectivity index is 1.85. The van der Waals surface area contributed by atoms with Crippen molar-refractivity contribution in [3.05, 3.63) is 41.1 Å². The molecule has 4 N–H and O–H groups in total. The van der Waals surface area contributed by atoms with E-state index in [0.29, 0.717) is 35.9 Å². The van der Waals surface area contributed by atoms with E-state index >= 15 is 0 Å². The number of aromatic nitrogens is 4. The molecule has 3 aromatic rings. The Hall–Kier alpha value is -3.00. The van der Waals surface area contributed by atoms with Gasteiger partial charge in [-0.25, -0.2) is 15.0 Å². The van der Waals surface area contributed by atoms with Crippen LogP contribution < -0.4 is 16.6 Å². The molecule has 0 amide bonds. The van der Waals surface area contributed by atoms with Crippen LogP contribution in [0.25, 0.3) is 22.0 Å². The molecule has 4 rings (SSSR count). The molecule has 27 heavy (non-hydrogen) atoms. The van der Waals surface area contributed by atoms with Crippen LogP contribution in [0.15, 0.2) is 35.5 Å². The summed E-state index contributed by atoms with van der Waals surface area (Å²) >= 11 is 0. The van der Waals surface area contributed by atoms with Crippen molar-refractivity contribution in [2.24, 2.45) is 0 Å². The molecule has 8 nitrogen and oxygen atoms in total. The zero-order valence-electron chi connectivity index (χ0n) is 14.9. The first kappa shape index (κ1) is 17.4. The molecule has 3 aromatic heterocycles. The van der Waals surface area contributed by atoms with Crippen LogP contribution in [0.4, 0.5) is 11.8 Å². The summed E-state index contributed by atoms with van der Waals surface area (Å²) in [4.78, 5) is 25.8. The second-order valence-corrected chi connectivity index (χ2v) is 6.81. The number of nitrogens with zero attached hydrogens (tertiary/aromatic N) is 4. The van der Waals surface area contributed by atoms with Gasteiger partial charge in [0.05, 0.1) is 11.1 Å². The summed E-state index contributed by atoms with van der Waals surface area (Å²) in [6.07, 6.45) is 8.88. The molecule has 1 aliphatic carbocycles. The van der Waals surface area contributed by atoms with Crippen LogP contribution in [0.2, 0.25) is 0 Å². The van der Waals surface area contributed by atoms with Crippen molar-refractivity contribution < 1.29 is 5.11 Å². The molecule has 8 heteroatoms. The lowest BCUT2D eigenvalue weighted by Crippen LogP contribution is -2.29. The summed E-state index contributed by atoms with van der Waals surface area (Å²) in [5.41, 5.74) is 6.91. The topological polar surface area (TPSA) is 119 Å². The minimum absolute atomic E-state index is 0.0476. The van der Waals surface area contributed by atoms with Crippen LogP contribution in [-0.4, -0.2) is 37.3 Å². The maximum absolute atomic E-state index is 13.0. The SMILES string of the molecule is Nc1ncc(-c2cc3ccn(CCCO)c(=O)c3c(NC3CCC3)n2)cn1. The van der Waals surface area contributed by atoms with Crippen molar-refractivity contribution in [3.63, 3.8) is 0 Å². The molecule has 140 valence electrons. The minimum atomic E-state index is -0.102. The molecule has 0 radical (unpaired) electrons. The third kappa shape index (κ3) is 3.48. The van der Waals surface area contributed by atoms with Gasteiger partial charge in [-0.3, -0.25) is 4.79 Å². The van der Waals surface area contributed by atoms with Gasteiger partial charge in [-0.15, -0.1) is 0 Å². The first-order valence-corrected chi connectivity index (χ1v) is 9.15. The van der Waals surface area contributed by atoms with Gasteiger partial charge in [-0.05, 0) is 43.2 Å². The average Bonchev–Trinajstić information content (AvgIpc) is 2.64. The third-order valence-corrected chi connectivity index (χ3v) is 4.93. The highest BCUT2D eigenvalue weighted by Gasteiger charge is 2.21. The summed E-state index contributed by atoms with van der Waals surface area (Å²) in [6, 6.07) is 4.11. The Labute approximate surface area is 156 Å². The lowest BCUT2D eigenvalue weighted by Gasteiger charge is -2.27. The lowest BCUT2D eigenvalue weighted by molar-refractivity contribution is 0.279. The number of hydrogen-bond acceptors (Lipinski definition) is 7. The standard InChI is InChI=1S/C19H22N6O2/c20-19-21-10-13(11-22-19)15-9-12-5-7-25(6-2-8-26)18(27)16(12)17(24-15)23-14-3-1-4-14/h5,7,9-11,14,26H,1-4,6,8H2,(H,23,24)(H2,20,21,22). The van der Waals surface area contributed by atoms with Crippen LogP contribution in [-0.2, 0) is 6.54 Å². The molecular formula is C19H22N6O2. The first-order valence-electron chi connectivity index (χ1n) is 9.15. The number of hydrogen-bond donors (Lipinski definition) is 3. The van der Waals surface area contributed by atoms with Crippen LogP contribution >= 0.6 is 0 Å². The van der Waals surface area contributed by atoms with E-state index in [2.05, 4.69) is 15.3 Å². The van der Waals surface area contributed by atoms with E-state index in [0.717, 1.165) is 23.8 Å². The number of aryl methyl sites for hydroxylation is 1. The molecule has 0 atom stereocenters. The predicted octanol–water partition coefficient (Wildman–Crippen LogP) is 1.78. The number of fused-ring (bicyclic) bond motifs is 1. The highest BCUT2D eigenvalue weighted by Crippen LogP contribution is 2.29. The fraction of sp³-hybridized carbons (Fsp3) is 0.368. The quantitative estimate of drug-likeness (QED) is 0.608. The summed E-state index contributed by atoms with van der Waals surface area (Å²) in [5, 5.41) is 13.9. The Morgan fingerprint density at radius 2 is 2.07 bits per heavy atom. The molecule has 1 saturated carbocycles. The molecule has 3 heterocycles. The Morgan fingerprint density at radius 3 is 2.74 bits per heavy atom. The van der Waals surface area contributed by atoms with Crippen molar-refractivity contribution >= 4 is 22.5 Å². The van der Waals surface area contributed by atoms with Gasteiger partial charge in [0.1, 0.15) is 5.82 Å². The van der Waals surface area contributed by atoms with Gasteiger partial charge in [0.25, 0.3) is 5.56 Å².